The predicted octanol–water partition coefficient (Wildman–Crippen LogP) is 1.22. The fraction of sp³-hybridized carbons (Fsp3) is 0.500. The molecular weight excluding hydrogens is 266 g/mol. The van der Waals surface area contributed by atoms with Crippen LogP contribution in [0.25, 0.3) is 0 Å². The topological polar surface area (TPSA) is 88.6 Å². The van der Waals surface area contributed by atoms with E-state index in [2.05, 4.69) is 6.07 Å². The number of anilines is 2. The molecule has 1 aliphatic rings. The van der Waals surface area contributed by atoms with Crippen molar-refractivity contribution in [1.29, 1.82) is 5.26 Å². The maximum atomic E-state index is 11.8. The number of morpholine rings is 1. The molecule has 0 saturated carbocycles. The Morgan fingerprint density at radius 2 is 2.26 bits per heavy atom. The van der Waals surface area contributed by atoms with E-state index in [9.17, 15) is 10.1 Å². The van der Waals surface area contributed by atoms with Gasteiger partial charge in [0.05, 0.1) is 25.5 Å². The first-order valence-electron chi connectivity index (χ1n) is 6.01. The molecule has 2 heterocycles. The van der Waals surface area contributed by atoms with Crippen molar-refractivity contribution in [3.8, 4) is 6.07 Å². The molecule has 2 rings (SSSR count). The largest absolute Gasteiger partial charge is 0.462 e. The predicted molar refractivity (Wildman–Crippen MR) is 72.4 cm³/mol. The zero-order valence-corrected chi connectivity index (χ0v) is 11.5. The van der Waals surface area contributed by atoms with Gasteiger partial charge in [-0.1, -0.05) is 0 Å². The summed E-state index contributed by atoms with van der Waals surface area (Å²) in [4.78, 5) is 14.1. The minimum absolute atomic E-state index is 0.215. The lowest BCUT2D eigenvalue weighted by Gasteiger charge is -2.27. The number of nitrogen functional groups attached to an aromatic ring is 1. The molecule has 1 saturated heterocycles. The number of nitriles is 1. The lowest BCUT2D eigenvalue weighted by Crippen LogP contribution is -2.36. The Hall–Kier alpha value is -1.78. The minimum Gasteiger partial charge on any atom is -0.462 e. The number of rotatable bonds is 3. The third-order valence-electron chi connectivity index (χ3n) is 2.80. The molecule has 1 aromatic heterocycles. The molecule has 1 aromatic rings. The Kier molecular flexibility index (Phi) is 4.24. The average molecular weight is 281 g/mol. The van der Waals surface area contributed by atoms with Gasteiger partial charge in [0.2, 0.25) is 0 Å². The Labute approximate surface area is 115 Å². The third-order valence-corrected chi connectivity index (χ3v) is 4.04. The molecule has 0 bridgehead atoms. The fourth-order valence-electron chi connectivity index (χ4n) is 1.88. The van der Waals surface area contributed by atoms with Crippen molar-refractivity contribution < 1.29 is 14.3 Å². The maximum absolute atomic E-state index is 11.8. The van der Waals surface area contributed by atoms with Crippen molar-refractivity contribution in [2.45, 2.75) is 6.92 Å². The van der Waals surface area contributed by atoms with Gasteiger partial charge in [0.15, 0.2) is 0 Å². The van der Waals surface area contributed by atoms with Crippen molar-refractivity contribution in [3.05, 3.63) is 10.4 Å². The van der Waals surface area contributed by atoms with Crippen LogP contribution in [0.1, 0.15) is 22.2 Å². The van der Waals surface area contributed by atoms with Crippen LogP contribution in [0.2, 0.25) is 0 Å². The molecule has 19 heavy (non-hydrogen) atoms. The molecule has 0 unspecified atom stereocenters. The minimum atomic E-state index is -0.471. The van der Waals surface area contributed by atoms with Crippen LogP contribution in [0.15, 0.2) is 0 Å². The SMILES string of the molecule is CCOC(=O)c1sc(N2CCOCC2)c(C#N)c1N. The second-order valence-corrected chi connectivity index (χ2v) is 4.96. The highest BCUT2D eigenvalue weighted by molar-refractivity contribution is 7.18. The number of hydrogen-bond acceptors (Lipinski definition) is 7. The molecule has 0 amide bonds. The van der Waals surface area contributed by atoms with Crippen LogP contribution in [0.5, 0.6) is 0 Å². The molecule has 0 radical (unpaired) electrons. The fourth-order valence-corrected chi connectivity index (χ4v) is 2.99. The number of hydrogen-bond donors (Lipinski definition) is 1. The van der Waals surface area contributed by atoms with Crippen molar-refractivity contribution >= 4 is 28.0 Å². The quantitative estimate of drug-likeness (QED) is 0.838. The molecule has 0 aliphatic carbocycles. The smallest absolute Gasteiger partial charge is 0.350 e. The monoisotopic (exact) mass is 281 g/mol. The van der Waals surface area contributed by atoms with Gasteiger partial charge in [-0.15, -0.1) is 11.3 Å². The van der Waals surface area contributed by atoms with Crippen LogP contribution in [0.3, 0.4) is 0 Å². The Morgan fingerprint density at radius 3 is 2.84 bits per heavy atom. The number of nitrogens with two attached hydrogens (primary N) is 1. The molecular formula is C12H15N3O3S. The molecule has 102 valence electrons. The summed E-state index contributed by atoms with van der Waals surface area (Å²) in [5, 5.41) is 9.95. The summed E-state index contributed by atoms with van der Waals surface area (Å²) >= 11 is 1.21. The lowest BCUT2D eigenvalue weighted by molar-refractivity contribution is 0.0533. The van der Waals surface area contributed by atoms with Gasteiger partial charge in [-0.2, -0.15) is 5.26 Å². The highest BCUT2D eigenvalue weighted by Crippen LogP contribution is 2.38. The van der Waals surface area contributed by atoms with Crippen LogP contribution >= 0.6 is 11.3 Å². The molecule has 0 atom stereocenters. The molecule has 0 aromatic carbocycles. The van der Waals surface area contributed by atoms with E-state index >= 15 is 0 Å². The van der Waals surface area contributed by atoms with E-state index in [1.807, 2.05) is 4.90 Å². The van der Waals surface area contributed by atoms with E-state index in [0.717, 1.165) is 5.00 Å². The van der Waals surface area contributed by atoms with Crippen molar-refractivity contribution in [1.82, 2.24) is 0 Å². The van der Waals surface area contributed by atoms with Gasteiger partial charge in [0, 0.05) is 13.1 Å². The average Bonchev–Trinajstić information content (AvgIpc) is 2.77. The van der Waals surface area contributed by atoms with Gasteiger partial charge in [0.1, 0.15) is 21.5 Å². The third kappa shape index (κ3) is 2.64. The van der Waals surface area contributed by atoms with Crippen molar-refractivity contribution in [2.75, 3.05) is 43.5 Å². The zero-order valence-electron chi connectivity index (χ0n) is 10.6. The highest BCUT2D eigenvalue weighted by atomic mass is 32.1. The van der Waals surface area contributed by atoms with Gasteiger partial charge < -0.3 is 20.1 Å². The number of esters is 1. The van der Waals surface area contributed by atoms with Gasteiger partial charge >= 0.3 is 5.97 Å². The van der Waals surface area contributed by atoms with E-state index in [-0.39, 0.29) is 12.3 Å². The van der Waals surface area contributed by atoms with Gasteiger partial charge in [0.25, 0.3) is 0 Å². The number of ether oxygens (including phenoxy) is 2. The Morgan fingerprint density at radius 1 is 1.58 bits per heavy atom. The second-order valence-electron chi connectivity index (χ2n) is 3.96. The first-order valence-corrected chi connectivity index (χ1v) is 6.82. The summed E-state index contributed by atoms with van der Waals surface area (Å²) in [5.41, 5.74) is 6.45. The Bertz CT molecular complexity index is 515. The van der Waals surface area contributed by atoms with Crippen LogP contribution in [0, 0.1) is 11.3 Å². The molecule has 1 aliphatic heterocycles. The van der Waals surface area contributed by atoms with Gasteiger partial charge in [-0.25, -0.2) is 4.79 Å². The van der Waals surface area contributed by atoms with E-state index in [1.165, 1.54) is 11.3 Å². The number of carbonyl (C=O) groups is 1. The number of nitrogens with zero attached hydrogens (tertiary/aromatic N) is 2. The van der Waals surface area contributed by atoms with E-state index in [4.69, 9.17) is 15.2 Å². The van der Waals surface area contributed by atoms with E-state index in [0.29, 0.717) is 36.7 Å². The van der Waals surface area contributed by atoms with Crippen LogP contribution in [-0.2, 0) is 9.47 Å². The normalized spacial score (nSPS) is 15.1. The standard InChI is InChI=1S/C12H15N3O3S/c1-2-18-12(16)10-9(14)8(7-13)11(19-10)15-3-5-17-6-4-15/h2-6,14H2,1H3. The summed E-state index contributed by atoms with van der Waals surface area (Å²) in [7, 11) is 0. The Balaban J connectivity index is 2.35. The summed E-state index contributed by atoms with van der Waals surface area (Å²) in [6.07, 6.45) is 0. The molecule has 7 heteroatoms. The summed E-state index contributed by atoms with van der Waals surface area (Å²) < 4.78 is 10.2. The highest BCUT2D eigenvalue weighted by Gasteiger charge is 2.26. The van der Waals surface area contributed by atoms with Crippen LogP contribution in [-0.4, -0.2) is 38.9 Å². The number of thiophene rings is 1. The van der Waals surface area contributed by atoms with Gasteiger partial charge in [-0.05, 0) is 6.92 Å². The van der Waals surface area contributed by atoms with E-state index in [1.54, 1.807) is 6.92 Å². The second kappa shape index (κ2) is 5.91. The first kappa shape index (κ1) is 13.6. The van der Waals surface area contributed by atoms with E-state index < -0.39 is 5.97 Å². The summed E-state index contributed by atoms with van der Waals surface area (Å²) in [6.45, 7) is 4.61. The van der Waals surface area contributed by atoms with Crippen molar-refractivity contribution in [3.63, 3.8) is 0 Å². The van der Waals surface area contributed by atoms with Crippen molar-refractivity contribution in [2.24, 2.45) is 0 Å². The molecule has 1 fully saturated rings. The van der Waals surface area contributed by atoms with Gasteiger partial charge in [-0.3, -0.25) is 0 Å². The lowest BCUT2D eigenvalue weighted by atomic mass is 10.2. The molecule has 0 spiro atoms. The zero-order chi connectivity index (χ0) is 13.8. The van der Waals surface area contributed by atoms with Crippen LogP contribution in [0.4, 0.5) is 10.7 Å². The van der Waals surface area contributed by atoms with Crippen LogP contribution < -0.4 is 10.6 Å². The molecule has 6 nitrogen and oxygen atoms in total. The molecule has 2 N–H and O–H groups in total. The first-order chi connectivity index (χ1) is 9.19. The number of carbonyl (C=O) groups excluding carboxylic acids is 1. The summed E-state index contributed by atoms with van der Waals surface area (Å²) in [6, 6.07) is 2.07. The maximum Gasteiger partial charge on any atom is 0.350 e. The summed E-state index contributed by atoms with van der Waals surface area (Å²) in [5.74, 6) is -0.471.